The van der Waals surface area contributed by atoms with E-state index in [9.17, 15) is 0 Å². The van der Waals surface area contributed by atoms with Gasteiger partial charge in [0.15, 0.2) is 0 Å². The molecule has 0 radical (unpaired) electrons. The monoisotopic (exact) mass is 191 g/mol. The lowest BCUT2D eigenvalue weighted by atomic mass is 9.83. The van der Waals surface area contributed by atoms with Gasteiger partial charge < -0.3 is 5.73 Å². The fourth-order valence-electron chi connectivity index (χ4n) is 2.21. The van der Waals surface area contributed by atoms with Crippen molar-refractivity contribution < 1.29 is 0 Å². The smallest absolute Gasteiger partial charge is 0.125 e. The van der Waals surface area contributed by atoms with E-state index in [0.29, 0.717) is 5.92 Å². The molecule has 1 aliphatic carbocycles. The Kier molecular flexibility index (Phi) is 2.77. The van der Waals surface area contributed by atoms with Gasteiger partial charge in [-0.25, -0.2) is 9.97 Å². The molecule has 0 bridgehead atoms. The van der Waals surface area contributed by atoms with Crippen LogP contribution in [-0.4, -0.2) is 16.0 Å². The van der Waals surface area contributed by atoms with Crippen LogP contribution in [0.2, 0.25) is 0 Å². The third-order valence-electron chi connectivity index (χ3n) is 3.00. The summed E-state index contributed by atoms with van der Waals surface area (Å²) in [5.41, 5.74) is 7.23. The molecule has 2 rings (SSSR count). The zero-order valence-corrected chi connectivity index (χ0v) is 8.61. The molecule has 0 spiro atoms. The second-order valence-electron chi connectivity index (χ2n) is 4.08. The van der Waals surface area contributed by atoms with Crippen molar-refractivity contribution in [1.82, 2.24) is 9.97 Å². The molecule has 0 saturated heterocycles. The minimum absolute atomic E-state index is 0.290. The highest BCUT2D eigenvalue weighted by Crippen LogP contribution is 2.30. The van der Waals surface area contributed by atoms with E-state index in [1.54, 1.807) is 0 Å². The quantitative estimate of drug-likeness (QED) is 0.736. The highest BCUT2D eigenvalue weighted by Gasteiger charge is 2.24. The molecule has 14 heavy (non-hydrogen) atoms. The Hall–Kier alpha value is -0.960. The topological polar surface area (TPSA) is 51.8 Å². The normalized spacial score (nSPS) is 27.6. The van der Waals surface area contributed by atoms with Gasteiger partial charge in [0.05, 0.1) is 0 Å². The van der Waals surface area contributed by atoms with E-state index < -0.39 is 0 Å². The number of hydrogen-bond acceptors (Lipinski definition) is 3. The van der Waals surface area contributed by atoms with Crippen LogP contribution in [0.4, 0.5) is 0 Å². The number of nitrogens with zero attached hydrogens (tertiary/aromatic N) is 2. The van der Waals surface area contributed by atoms with Gasteiger partial charge in [-0.05, 0) is 25.8 Å². The number of rotatable bonds is 1. The van der Waals surface area contributed by atoms with E-state index in [-0.39, 0.29) is 6.04 Å². The van der Waals surface area contributed by atoms with Crippen molar-refractivity contribution in [3.05, 3.63) is 23.8 Å². The van der Waals surface area contributed by atoms with E-state index in [4.69, 9.17) is 5.73 Å². The molecule has 2 N–H and O–H groups in total. The Labute approximate surface area is 84.8 Å². The lowest BCUT2D eigenvalue weighted by Gasteiger charge is -2.27. The average molecular weight is 191 g/mol. The van der Waals surface area contributed by atoms with Crippen LogP contribution in [0.3, 0.4) is 0 Å². The third-order valence-corrected chi connectivity index (χ3v) is 3.00. The van der Waals surface area contributed by atoms with Gasteiger partial charge in [-0.15, -0.1) is 0 Å². The molecule has 0 aromatic carbocycles. The summed E-state index contributed by atoms with van der Waals surface area (Å²) in [7, 11) is 0. The zero-order chi connectivity index (χ0) is 9.97. The predicted octanol–water partition coefficient (Wildman–Crippen LogP) is 1.77. The molecule has 2 atom stereocenters. The Morgan fingerprint density at radius 3 is 2.86 bits per heavy atom. The van der Waals surface area contributed by atoms with Crippen LogP contribution in [0, 0.1) is 6.92 Å². The molecular weight excluding hydrogens is 174 g/mol. The van der Waals surface area contributed by atoms with Crippen LogP contribution in [-0.2, 0) is 0 Å². The molecule has 1 aliphatic rings. The first-order valence-corrected chi connectivity index (χ1v) is 5.32. The summed E-state index contributed by atoms with van der Waals surface area (Å²) in [5.74, 6) is 1.30. The van der Waals surface area contributed by atoms with Crippen molar-refractivity contribution in [2.45, 2.75) is 44.6 Å². The summed E-state index contributed by atoms with van der Waals surface area (Å²) in [6, 6.07) is 2.29. The number of aryl methyl sites for hydroxylation is 1. The second-order valence-corrected chi connectivity index (χ2v) is 4.08. The van der Waals surface area contributed by atoms with Crippen LogP contribution in [0.25, 0.3) is 0 Å². The van der Waals surface area contributed by atoms with Gasteiger partial charge >= 0.3 is 0 Å². The molecule has 0 aliphatic heterocycles. The van der Waals surface area contributed by atoms with Gasteiger partial charge in [-0.3, -0.25) is 0 Å². The summed E-state index contributed by atoms with van der Waals surface area (Å²) >= 11 is 0. The standard InChI is InChI=1S/C11H17N3/c1-8-13-7-6-11(14-8)9-4-2-3-5-10(9)12/h6-7,9-10H,2-5,12H2,1H3. The van der Waals surface area contributed by atoms with Crippen molar-refractivity contribution in [2.75, 3.05) is 0 Å². The maximum absolute atomic E-state index is 6.10. The molecule has 0 amide bonds. The van der Waals surface area contributed by atoms with Gasteiger partial charge in [0.1, 0.15) is 5.82 Å². The van der Waals surface area contributed by atoms with Crippen LogP contribution in [0.5, 0.6) is 0 Å². The lowest BCUT2D eigenvalue weighted by molar-refractivity contribution is 0.379. The van der Waals surface area contributed by atoms with Gasteiger partial charge in [0, 0.05) is 23.9 Å². The largest absolute Gasteiger partial charge is 0.327 e. The van der Waals surface area contributed by atoms with Crippen molar-refractivity contribution in [3.63, 3.8) is 0 Å². The molecule has 3 heteroatoms. The highest BCUT2D eigenvalue weighted by atomic mass is 14.9. The summed E-state index contributed by atoms with van der Waals surface area (Å²) < 4.78 is 0. The first-order valence-electron chi connectivity index (χ1n) is 5.32. The Bertz CT molecular complexity index is 311. The van der Waals surface area contributed by atoms with Crippen molar-refractivity contribution >= 4 is 0 Å². The molecule has 76 valence electrons. The van der Waals surface area contributed by atoms with Crippen LogP contribution < -0.4 is 5.73 Å². The Morgan fingerprint density at radius 2 is 2.14 bits per heavy atom. The van der Waals surface area contributed by atoms with Crippen molar-refractivity contribution in [3.8, 4) is 0 Å². The molecule has 1 saturated carbocycles. The summed E-state index contributed by atoms with van der Waals surface area (Å²) in [6.45, 7) is 1.93. The van der Waals surface area contributed by atoms with Gasteiger partial charge in [0.25, 0.3) is 0 Å². The fourth-order valence-corrected chi connectivity index (χ4v) is 2.21. The van der Waals surface area contributed by atoms with E-state index >= 15 is 0 Å². The van der Waals surface area contributed by atoms with Crippen molar-refractivity contribution in [2.24, 2.45) is 5.73 Å². The first-order chi connectivity index (χ1) is 6.77. The molecule has 1 aromatic rings. The first kappa shape index (κ1) is 9.59. The van der Waals surface area contributed by atoms with E-state index in [1.165, 1.54) is 19.3 Å². The lowest BCUT2D eigenvalue weighted by Crippen LogP contribution is -2.31. The molecule has 2 unspecified atom stereocenters. The van der Waals surface area contributed by atoms with Gasteiger partial charge in [0.2, 0.25) is 0 Å². The third kappa shape index (κ3) is 1.93. The van der Waals surface area contributed by atoms with E-state index in [2.05, 4.69) is 9.97 Å². The Morgan fingerprint density at radius 1 is 1.36 bits per heavy atom. The number of aromatic nitrogens is 2. The second kappa shape index (κ2) is 4.05. The molecular formula is C11H17N3. The zero-order valence-electron chi connectivity index (χ0n) is 8.61. The summed E-state index contributed by atoms with van der Waals surface area (Å²) in [5, 5.41) is 0. The SMILES string of the molecule is Cc1nccc(C2CCCCC2N)n1. The highest BCUT2D eigenvalue weighted by molar-refractivity contribution is 5.11. The molecule has 1 fully saturated rings. The molecule has 3 nitrogen and oxygen atoms in total. The maximum atomic E-state index is 6.10. The minimum atomic E-state index is 0.290. The number of nitrogens with two attached hydrogens (primary N) is 1. The predicted molar refractivity (Wildman–Crippen MR) is 56.0 cm³/mol. The summed E-state index contributed by atoms with van der Waals surface area (Å²) in [4.78, 5) is 8.56. The van der Waals surface area contributed by atoms with Crippen molar-refractivity contribution in [1.29, 1.82) is 0 Å². The Balaban J connectivity index is 2.20. The van der Waals surface area contributed by atoms with Gasteiger partial charge in [-0.1, -0.05) is 12.8 Å². The molecule has 1 heterocycles. The van der Waals surface area contributed by atoms with E-state index in [0.717, 1.165) is 17.9 Å². The molecule has 1 aromatic heterocycles. The maximum Gasteiger partial charge on any atom is 0.125 e. The van der Waals surface area contributed by atoms with E-state index in [1.807, 2.05) is 19.2 Å². The summed E-state index contributed by atoms with van der Waals surface area (Å²) in [6.07, 6.45) is 6.69. The van der Waals surface area contributed by atoms with Crippen LogP contribution >= 0.6 is 0 Å². The van der Waals surface area contributed by atoms with Gasteiger partial charge in [-0.2, -0.15) is 0 Å². The van der Waals surface area contributed by atoms with Crippen LogP contribution in [0.1, 0.15) is 43.1 Å². The average Bonchev–Trinajstić information content (AvgIpc) is 2.18. The number of hydrogen-bond donors (Lipinski definition) is 1. The minimum Gasteiger partial charge on any atom is -0.327 e. The van der Waals surface area contributed by atoms with Crippen LogP contribution in [0.15, 0.2) is 12.3 Å². The fraction of sp³-hybridized carbons (Fsp3) is 0.636.